The average molecular weight is 216 g/mol. The van der Waals surface area contributed by atoms with Gasteiger partial charge in [0.25, 0.3) is 6.04 Å². The maximum atomic E-state index is 11.5. The van der Waals surface area contributed by atoms with Crippen molar-refractivity contribution in [3.8, 4) is 0 Å². The first-order valence-corrected chi connectivity index (χ1v) is 4.62. The van der Waals surface area contributed by atoms with Crippen molar-refractivity contribution in [1.82, 2.24) is 4.90 Å². The zero-order valence-electron chi connectivity index (χ0n) is 8.50. The number of ether oxygens (including phenoxy) is 1. The second-order valence-electron chi connectivity index (χ2n) is 3.31. The van der Waals surface area contributed by atoms with Gasteiger partial charge >= 0.3 is 12.0 Å². The lowest BCUT2D eigenvalue weighted by molar-refractivity contribution is -0.504. The molecule has 1 unspecified atom stereocenters. The number of carbonyl (C=O) groups is 2. The van der Waals surface area contributed by atoms with E-state index in [-0.39, 0.29) is 12.6 Å². The second-order valence-corrected chi connectivity index (χ2v) is 3.31. The summed E-state index contributed by atoms with van der Waals surface area (Å²) in [6.45, 7) is 3.05. The fourth-order valence-corrected chi connectivity index (χ4v) is 1.32. The standard InChI is InChI=1S/C8H12N2O5/c1-3-6-4-15-8(12)9(6)7(11)5(2)10(13)14/h5-6H,3-4H2,1-2H3/t5?,6-/m1/s1. The van der Waals surface area contributed by atoms with Gasteiger partial charge in [-0.2, -0.15) is 0 Å². The molecule has 0 N–H and O–H groups in total. The highest BCUT2D eigenvalue weighted by molar-refractivity contribution is 5.95. The molecular formula is C8H12N2O5. The average Bonchev–Trinajstić information content (AvgIpc) is 2.57. The molecule has 0 saturated carbocycles. The lowest BCUT2D eigenvalue weighted by Crippen LogP contribution is -2.46. The third kappa shape index (κ3) is 2.05. The summed E-state index contributed by atoms with van der Waals surface area (Å²) < 4.78 is 4.66. The number of imide groups is 1. The summed E-state index contributed by atoms with van der Waals surface area (Å²) in [7, 11) is 0. The van der Waals surface area contributed by atoms with Gasteiger partial charge in [-0.25, -0.2) is 9.69 Å². The molecule has 0 aromatic carbocycles. The van der Waals surface area contributed by atoms with E-state index in [1.807, 2.05) is 0 Å². The molecule has 1 fully saturated rings. The minimum absolute atomic E-state index is 0.117. The Bertz CT molecular complexity index is 303. The van der Waals surface area contributed by atoms with Gasteiger partial charge in [0.05, 0.1) is 6.04 Å². The van der Waals surface area contributed by atoms with E-state index in [9.17, 15) is 19.7 Å². The first kappa shape index (κ1) is 11.4. The van der Waals surface area contributed by atoms with Crippen LogP contribution in [0.25, 0.3) is 0 Å². The van der Waals surface area contributed by atoms with Gasteiger partial charge in [0.2, 0.25) is 0 Å². The number of hydrogen-bond acceptors (Lipinski definition) is 5. The molecule has 0 aromatic rings. The van der Waals surface area contributed by atoms with Crippen LogP contribution in [0.15, 0.2) is 0 Å². The molecule has 2 atom stereocenters. The lowest BCUT2D eigenvalue weighted by atomic mass is 10.2. The number of carbonyl (C=O) groups excluding carboxylic acids is 2. The van der Waals surface area contributed by atoms with Crippen LogP contribution < -0.4 is 0 Å². The Balaban J connectivity index is 2.81. The van der Waals surface area contributed by atoms with Crippen LogP contribution in [0.5, 0.6) is 0 Å². The number of cyclic esters (lactones) is 1. The zero-order valence-corrected chi connectivity index (χ0v) is 8.50. The van der Waals surface area contributed by atoms with Crippen LogP contribution in [0, 0.1) is 10.1 Å². The number of hydrogen-bond donors (Lipinski definition) is 0. The van der Waals surface area contributed by atoms with Crippen molar-refractivity contribution >= 4 is 12.0 Å². The van der Waals surface area contributed by atoms with Gasteiger partial charge in [-0.1, -0.05) is 6.92 Å². The Hall–Kier alpha value is -1.66. The summed E-state index contributed by atoms with van der Waals surface area (Å²) in [5, 5.41) is 10.4. The Morgan fingerprint density at radius 1 is 1.80 bits per heavy atom. The zero-order chi connectivity index (χ0) is 11.6. The quantitative estimate of drug-likeness (QED) is 0.503. The molecule has 15 heavy (non-hydrogen) atoms. The van der Waals surface area contributed by atoms with Crippen LogP contribution in [0.1, 0.15) is 20.3 Å². The summed E-state index contributed by atoms with van der Waals surface area (Å²) in [4.78, 5) is 33.2. The summed E-state index contributed by atoms with van der Waals surface area (Å²) >= 11 is 0. The van der Waals surface area contributed by atoms with Gasteiger partial charge in [0.15, 0.2) is 0 Å². The normalized spacial score (nSPS) is 22.4. The van der Waals surface area contributed by atoms with Crippen molar-refractivity contribution in [2.24, 2.45) is 0 Å². The fraction of sp³-hybridized carbons (Fsp3) is 0.750. The molecule has 0 bridgehead atoms. The van der Waals surface area contributed by atoms with Gasteiger partial charge in [-0.15, -0.1) is 0 Å². The molecule has 0 spiro atoms. The third-order valence-corrected chi connectivity index (χ3v) is 2.34. The number of amides is 2. The van der Waals surface area contributed by atoms with E-state index < -0.39 is 23.0 Å². The summed E-state index contributed by atoms with van der Waals surface area (Å²) in [6.07, 6.45) is -0.261. The number of nitro groups is 1. The van der Waals surface area contributed by atoms with Gasteiger partial charge in [0, 0.05) is 11.8 Å². The Labute approximate surface area is 86.1 Å². The molecule has 0 radical (unpaired) electrons. The van der Waals surface area contributed by atoms with Crippen LogP contribution in [0.3, 0.4) is 0 Å². The highest BCUT2D eigenvalue weighted by Crippen LogP contribution is 2.16. The molecule has 2 amide bonds. The maximum absolute atomic E-state index is 11.5. The van der Waals surface area contributed by atoms with E-state index in [1.54, 1.807) is 6.92 Å². The van der Waals surface area contributed by atoms with E-state index in [0.29, 0.717) is 6.42 Å². The smallest absolute Gasteiger partial charge is 0.417 e. The molecular weight excluding hydrogens is 204 g/mol. The minimum atomic E-state index is -1.41. The minimum Gasteiger partial charge on any atom is -0.447 e. The molecule has 7 nitrogen and oxygen atoms in total. The topological polar surface area (TPSA) is 89.8 Å². The van der Waals surface area contributed by atoms with Crippen LogP contribution >= 0.6 is 0 Å². The van der Waals surface area contributed by atoms with Gasteiger partial charge in [-0.3, -0.25) is 14.9 Å². The van der Waals surface area contributed by atoms with Gasteiger partial charge in [-0.05, 0) is 6.42 Å². The van der Waals surface area contributed by atoms with Crippen LogP contribution in [0.4, 0.5) is 4.79 Å². The van der Waals surface area contributed by atoms with Crippen molar-refractivity contribution in [1.29, 1.82) is 0 Å². The summed E-state index contributed by atoms with van der Waals surface area (Å²) in [6, 6.07) is -1.79. The Morgan fingerprint density at radius 2 is 2.40 bits per heavy atom. The molecule has 1 aliphatic heterocycles. The molecule has 1 rings (SSSR count). The van der Waals surface area contributed by atoms with Crippen molar-refractivity contribution in [2.75, 3.05) is 6.61 Å². The summed E-state index contributed by atoms with van der Waals surface area (Å²) in [5.74, 6) is -0.811. The Kier molecular flexibility index (Phi) is 3.23. The SMILES string of the molecule is CC[C@@H]1COC(=O)N1C(=O)C(C)[N+](=O)[O-]. The monoisotopic (exact) mass is 216 g/mol. The van der Waals surface area contributed by atoms with Crippen molar-refractivity contribution in [2.45, 2.75) is 32.4 Å². The lowest BCUT2D eigenvalue weighted by Gasteiger charge is -2.18. The first-order valence-electron chi connectivity index (χ1n) is 4.62. The predicted octanol–water partition coefficient (Wildman–Crippen LogP) is 0.409. The van der Waals surface area contributed by atoms with Crippen molar-refractivity contribution in [3.63, 3.8) is 0 Å². The van der Waals surface area contributed by atoms with Crippen LogP contribution in [-0.4, -0.2) is 40.5 Å². The molecule has 84 valence electrons. The van der Waals surface area contributed by atoms with Crippen molar-refractivity contribution in [3.05, 3.63) is 10.1 Å². The summed E-state index contributed by atoms with van der Waals surface area (Å²) in [5.41, 5.74) is 0. The van der Waals surface area contributed by atoms with E-state index in [0.717, 1.165) is 11.8 Å². The third-order valence-electron chi connectivity index (χ3n) is 2.34. The predicted molar refractivity (Wildman–Crippen MR) is 48.7 cm³/mol. The van der Waals surface area contributed by atoms with E-state index in [2.05, 4.69) is 4.74 Å². The second kappa shape index (κ2) is 4.24. The highest BCUT2D eigenvalue weighted by Gasteiger charge is 2.42. The number of nitrogens with zero attached hydrogens (tertiary/aromatic N) is 2. The molecule has 7 heteroatoms. The molecule has 0 aromatic heterocycles. The molecule has 1 aliphatic rings. The first-order chi connectivity index (χ1) is 6.99. The van der Waals surface area contributed by atoms with Crippen molar-refractivity contribution < 1.29 is 19.2 Å². The van der Waals surface area contributed by atoms with Crippen LogP contribution in [-0.2, 0) is 9.53 Å². The van der Waals surface area contributed by atoms with Gasteiger partial charge < -0.3 is 4.74 Å². The van der Waals surface area contributed by atoms with E-state index in [4.69, 9.17) is 0 Å². The highest BCUT2D eigenvalue weighted by atomic mass is 16.6. The molecule has 1 saturated heterocycles. The molecule has 1 heterocycles. The molecule has 0 aliphatic carbocycles. The maximum Gasteiger partial charge on any atom is 0.417 e. The van der Waals surface area contributed by atoms with Crippen LogP contribution in [0.2, 0.25) is 0 Å². The van der Waals surface area contributed by atoms with E-state index >= 15 is 0 Å². The number of rotatable bonds is 3. The fourth-order valence-electron chi connectivity index (χ4n) is 1.32. The van der Waals surface area contributed by atoms with Gasteiger partial charge in [0.1, 0.15) is 6.61 Å². The Morgan fingerprint density at radius 3 is 2.87 bits per heavy atom. The largest absolute Gasteiger partial charge is 0.447 e. The van der Waals surface area contributed by atoms with E-state index in [1.165, 1.54) is 0 Å².